The maximum atomic E-state index is 12.5. The number of aryl methyl sites for hydroxylation is 1. The second-order valence-corrected chi connectivity index (χ2v) is 6.87. The molecule has 0 bridgehead atoms. The van der Waals surface area contributed by atoms with Gasteiger partial charge in [0.15, 0.2) is 0 Å². The quantitative estimate of drug-likeness (QED) is 0.854. The third kappa shape index (κ3) is 3.85. The molecule has 25 heavy (non-hydrogen) atoms. The van der Waals surface area contributed by atoms with Gasteiger partial charge in [0.25, 0.3) is 0 Å². The minimum atomic E-state index is -0.396. The Morgan fingerprint density at radius 2 is 2.20 bits per heavy atom. The van der Waals surface area contributed by atoms with Gasteiger partial charge >= 0.3 is 0 Å². The highest BCUT2D eigenvalue weighted by molar-refractivity contribution is 7.15. The molecule has 1 N–H and O–H groups in total. The third-order valence-electron chi connectivity index (χ3n) is 4.12. The van der Waals surface area contributed by atoms with Gasteiger partial charge in [-0.3, -0.25) is 9.59 Å². The van der Waals surface area contributed by atoms with Crippen molar-refractivity contribution >= 4 is 34.0 Å². The molecule has 2 amide bonds. The van der Waals surface area contributed by atoms with Crippen LogP contribution in [0.1, 0.15) is 23.9 Å². The summed E-state index contributed by atoms with van der Waals surface area (Å²) in [5, 5.41) is 11.7. The number of aromatic nitrogens is 2. The van der Waals surface area contributed by atoms with Crippen molar-refractivity contribution < 1.29 is 14.3 Å². The molecule has 2 aromatic rings. The maximum Gasteiger partial charge on any atom is 0.231 e. The molecule has 0 spiro atoms. The normalized spacial score (nSPS) is 17.1. The van der Waals surface area contributed by atoms with Crippen LogP contribution >= 0.6 is 11.3 Å². The monoisotopic (exact) mass is 360 g/mol. The van der Waals surface area contributed by atoms with Gasteiger partial charge in [-0.1, -0.05) is 36.5 Å². The average molecular weight is 360 g/mol. The van der Waals surface area contributed by atoms with Crippen LogP contribution in [-0.2, 0) is 27.4 Å². The Morgan fingerprint density at radius 3 is 2.96 bits per heavy atom. The summed E-state index contributed by atoms with van der Waals surface area (Å²) in [5.74, 6) is -0.629. The molecule has 1 fully saturated rings. The van der Waals surface area contributed by atoms with Crippen molar-refractivity contribution in [3.63, 3.8) is 0 Å². The van der Waals surface area contributed by atoms with Crippen molar-refractivity contribution in [2.75, 3.05) is 23.9 Å². The lowest BCUT2D eigenvalue weighted by atomic mass is 10.1. The van der Waals surface area contributed by atoms with Crippen LogP contribution in [0.25, 0.3) is 0 Å². The first-order valence-electron chi connectivity index (χ1n) is 8.12. The van der Waals surface area contributed by atoms with Crippen molar-refractivity contribution in [1.82, 2.24) is 10.2 Å². The van der Waals surface area contributed by atoms with Crippen LogP contribution in [0.3, 0.4) is 0 Å². The molecule has 8 heteroatoms. The maximum absolute atomic E-state index is 12.5. The van der Waals surface area contributed by atoms with Crippen LogP contribution in [0.2, 0.25) is 0 Å². The predicted octanol–water partition coefficient (Wildman–Crippen LogP) is 2.24. The summed E-state index contributed by atoms with van der Waals surface area (Å²) in [6.07, 6.45) is 1.04. The van der Waals surface area contributed by atoms with Crippen molar-refractivity contribution in [1.29, 1.82) is 0 Å². The van der Waals surface area contributed by atoms with Crippen LogP contribution < -0.4 is 10.2 Å². The Morgan fingerprint density at radius 1 is 1.40 bits per heavy atom. The molecule has 1 saturated heterocycles. The number of nitrogens with one attached hydrogen (secondary N) is 1. The molecule has 1 aromatic heterocycles. The highest BCUT2D eigenvalue weighted by Crippen LogP contribution is 2.29. The van der Waals surface area contributed by atoms with E-state index in [4.69, 9.17) is 4.74 Å². The number of hydrogen-bond donors (Lipinski definition) is 1. The Labute approximate surface area is 150 Å². The third-order valence-corrected chi connectivity index (χ3v) is 4.94. The fourth-order valence-electron chi connectivity index (χ4n) is 2.88. The summed E-state index contributed by atoms with van der Waals surface area (Å²) >= 11 is 1.27. The Balaban J connectivity index is 1.68. The Bertz CT molecular complexity index is 777. The molecule has 1 aromatic carbocycles. The zero-order valence-corrected chi connectivity index (χ0v) is 15.0. The van der Waals surface area contributed by atoms with Crippen molar-refractivity contribution in [3.8, 4) is 0 Å². The van der Waals surface area contributed by atoms with E-state index < -0.39 is 5.92 Å². The van der Waals surface area contributed by atoms with Crippen LogP contribution in [0.15, 0.2) is 24.3 Å². The summed E-state index contributed by atoms with van der Waals surface area (Å²) in [6.45, 7) is 2.79. The zero-order chi connectivity index (χ0) is 17.8. The van der Waals surface area contributed by atoms with Gasteiger partial charge in [-0.15, -0.1) is 10.2 Å². The minimum Gasteiger partial charge on any atom is -0.377 e. The van der Waals surface area contributed by atoms with Gasteiger partial charge in [-0.05, 0) is 18.1 Å². The summed E-state index contributed by atoms with van der Waals surface area (Å²) in [6, 6.07) is 7.81. The molecule has 3 rings (SSSR count). The molecular weight excluding hydrogens is 340 g/mol. The molecule has 0 radical (unpaired) electrons. The molecule has 132 valence electrons. The van der Waals surface area contributed by atoms with Gasteiger partial charge in [0.2, 0.25) is 16.9 Å². The van der Waals surface area contributed by atoms with Crippen LogP contribution in [0.5, 0.6) is 0 Å². The number of benzene rings is 1. The Kier molecular flexibility index (Phi) is 5.40. The summed E-state index contributed by atoms with van der Waals surface area (Å²) in [5.41, 5.74) is 1.99. The number of carbonyl (C=O) groups excluding carboxylic acids is 2. The molecular formula is C17H20N4O3S. The smallest absolute Gasteiger partial charge is 0.231 e. The van der Waals surface area contributed by atoms with Crippen LogP contribution in [0.4, 0.5) is 10.8 Å². The molecule has 0 saturated carbocycles. The highest BCUT2D eigenvalue weighted by atomic mass is 32.1. The molecule has 0 aliphatic carbocycles. The molecule has 1 aliphatic rings. The summed E-state index contributed by atoms with van der Waals surface area (Å²) in [7, 11) is 1.58. The van der Waals surface area contributed by atoms with E-state index in [0.29, 0.717) is 23.3 Å². The van der Waals surface area contributed by atoms with Crippen molar-refractivity contribution in [3.05, 3.63) is 34.8 Å². The lowest BCUT2D eigenvalue weighted by Gasteiger charge is -2.19. The van der Waals surface area contributed by atoms with E-state index in [2.05, 4.69) is 22.4 Å². The van der Waals surface area contributed by atoms with E-state index in [-0.39, 0.29) is 18.2 Å². The fourth-order valence-corrected chi connectivity index (χ4v) is 3.60. The molecule has 1 aliphatic heterocycles. The molecule has 7 nitrogen and oxygen atoms in total. The van der Waals surface area contributed by atoms with Gasteiger partial charge < -0.3 is 15.0 Å². The zero-order valence-electron chi connectivity index (χ0n) is 14.2. The summed E-state index contributed by atoms with van der Waals surface area (Å²) in [4.78, 5) is 26.6. The number of hydrogen-bond acceptors (Lipinski definition) is 6. The number of carbonyl (C=O) groups is 2. The van der Waals surface area contributed by atoms with Crippen molar-refractivity contribution in [2.24, 2.45) is 5.92 Å². The van der Waals surface area contributed by atoms with Gasteiger partial charge in [0.1, 0.15) is 11.6 Å². The first-order chi connectivity index (χ1) is 12.1. The van der Waals surface area contributed by atoms with E-state index in [9.17, 15) is 9.59 Å². The van der Waals surface area contributed by atoms with Crippen LogP contribution in [0, 0.1) is 5.92 Å². The second-order valence-electron chi connectivity index (χ2n) is 5.81. The Hall–Kier alpha value is -2.32. The molecule has 2 heterocycles. The number of rotatable bonds is 6. The highest BCUT2D eigenvalue weighted by Gasteiger charge is 2.36. The lowest BCUT2D eigenvalue weighted by molar-refractivity contribution is -0.122. The number of amides is 2. The number of para-hydroxylation sites is 1. The van der Waals surface area contributed by atoms with E-state index in [1.165, 1.54) is 11.3 Å². The standard InChI is InChI=1S/C17H20N4O3S/c1-3-11-6-4-5-7-13(11)21-9-12(8-15(21)22)16(23)18-17-20-19-14(25-17)10-24-2/h4-7,12H,3,8-10H2,1-2H3,(H,18,20,23). The van der Waals surface area contributed by atoms with E-state index in [1.54, 1.807) is 12.0 Å². The topological polar surface area (TPSA) is 84.4 Å². The van der Waals surface area contributed by atoms with Crippen LogP contribution in [-0.4, -0.2) is 35.7 Å². The summed E-state index contributed by atoms with van der Waals surface area (Å²) < 4.78 is 4.99. The van der Waals surface area contributed by atoms with E-state index >= 15 is 0 Å². The second kappa shape index (κ2) is 7.71. The van der Waals surface area contributed by atoms with Gasteiger partial charge in [0, 0.05) is 25.8 Å². The SMILES string of the molecule is CCc1ccccc1N1CC(C(=O)Nc2nnc(COC)s2)CC1=O. The predicted molar refractivity (Wildman–Crippen MR) is 95.5 cm³/mol. The molecule has 1 atom stereocenters. The van der Waals surface area contributed by atoms with Gasteiger partial charge in [0.05, 0.1) is 5.92 Å². The number of methoxy groups -OCH3 is 1. The number of anilines is 2. The lowest BCUT2D eigenvalue weighted by Crippen LogP contribution is -2.28. The fraction of sp³-hybridized carbons (Fsp3) is 0.412. The van der Waals surface area contributed by atoms with Crippen molar-refractivity contribution in [2.45, 2.75) is 26.4 Å². The first-order valence-corrected chi connectivity index (χ1v) is 8.94. The largest absolute Gasteiger partial charge is 0.377 e. The van der Waals surface area contributed by atoms with E-state index in [1.807, 2.05) is 24.3 Å². The van der Waals surface area contributed by atoms with Gasteiger partial charge in [-0.2, -0.15) is 0 Å². The number of ether oxygens (including phenoxy) is 1. The minimum absolute atomic E-state index is 0.0293. The van der Waals surface area contributed by atoms with E-state index in [0.717, 1.165) is 17.7 Å². The average Bonchev–Trinajstić information content (AvgIpc) is 3.21. The molecule has 1 unspecified atom stereocenters. The van der Waals surface area contributed by atoms with Gasteiger partial charge in [-0.25, -0.2) is 0 Å². The number of nitrogens with zero attached hydrogens (tertiary/aromatic N) is 3. The first kappa shape index (κ1) is 17.5.